The van der Waals surface area contributed by atoms with Gasteiger partial charge in [0, 0.05) is 19.4 Å². The van der Waals surface area contributed by atoms with Crippen LogP contribution in [-0.2, 0) is 28.6 Å². The van der Waals surface area contributed by atoms with Gasteiger partial charge >= 0.3 is 24.0 Å². The Balaban J connectivity index is 2.95. The second kappa shape index (κ2) is 8.86. The molecule has 0 aromatic heterocycles. The highest BCUT2D eigenvalue weighted by molar-refractivity contribution is 5.77. The van der Waals surface area contributed by atoms with E-state index in [1.165, 1.54) is 14.0 Å². The number of carboxylic acid groups (broad SMARTS) is 1. The van der Waals surface area contributed by atoms with Crippen LogP contribution in [0.25, 0.3) is 0 Å². The molecule has 0 unspecified atom stereocenters. The van der Waals surface area contributed by atoms with E-state index in [1.54, 1.807) is 20.8 Å². The average Bonchev–Trinajstić information content (AvgIpc) is 2.87. The molecule has 0 aromatic rings. The van der Waals surface area contributed by atoms with E-state index in [0.717, 1.165) is 0 Å². The quantitative estimate of drug-likeness (QED) is 0.525. The summed E-state index contributed by atoms with van der Waals surface area (Å²) in [6.45, 7) is 6.21. The maximum Gasteiger partial charge on any atom is 0.407 e. The predicted molar refractivity (Wildman–Crippen MR) is 89.1 cm³/mol. The van der Waals surface area contributed by atoms with Crippen LogP contribution in [0.3, 0.4) is 0 Å². The molecule has 1 rings (SSSR count). The molecule has 0 bridgehead atoms. The van der Waals surface area contributed by atoms with Crippen molar-refractivity contribution in [2.75, 3.05) is 20.3 Å². The number of esters is 2. The van der Waals surface area contributed by atoms with Crippen LogP contribution >= 0.6 is 0 Å². The second-order valence-corrected chi connectivity index (χ2v) is 7.32. The molecule has 4 atom stereocenters. The first-order valence-electron chi connectivity index (χ1n) is 8.37. The number of carbonyl (C=O) groups excluding carboxylic acids is 3. The van der Waals surface area contributed by atoms with Crippen molar-refractivity contribution >= 4 is 24.0 Å². The number of amides is 1. The van der Waals surface area contributed by atoms with Crippen LogP contribution in [0.15, 0.2) is 0 Å². The lowest BCUT2D eigenvalue weighted by molar-refractivity contribution is -0.149. The molecule has 9 nitrogen and oxygen atoms in total. The molecular formula is C17H27NO8. The average molecular weight is 373 g/mol. The van der Waals surface area contributed by atoms with Crippen molar-refractivity contribution in [3.05, 3.63) is 0 Å². The van der Waals surface area contributed by atoms with Gasteiger partial charge in [0.25, 0.3) is 0 Å². The maximum absolute atomic E-state index is 12.1. The van der Waals surface area contributed by atoms with Crippen LogP contribution in [-0.4, -0.2) is 55.0 Å². The molecule has 0 heterocycles. The van der Waals surface area contributed by atoms with Crippen molar-refractivity contribution in [2.24, 2.45) is 23.7 Å². The molecule has 2 N–H and O–H groups in total. The fourth-order valence-electron chi connectivity index (χ4n) is 3.19. The van der Waals surface area contributed by atoms with Gasteiger partial charge in [-0.2, -0.15) is 0 Å². The number of ether oxygens (including phenoxy) is 3. The van der Waals surface area contributed by atoms with Gasteiger partial charge in [-0.1, -0.05) is 0 Å². The maximum atomic E-state index is 12.1. The van der Waals surface area contributed by atoms with Crippen LogP contribution < -0.4 is 5.32 Å². The van der Waals surface area contributed by atoms with Gasteiger partial charge in [0.2, 0.25) is 0 Å². The molecular weight excluding hydrogens is 346 g/mol. The minimum absolute atomic E-state index is 0.00436. The molecule has 26 heavy (non-hydrogen) atoms. The molecule has 0 spiro atoms. The third kappa shape index (κ3) is 6.20. The summed E-state index contributed by atoms with van der Waals surface area (Å²) in [5.74, 6) is -4.99. The molecule has 0 saturated heterocycles. The first-order valence-corrected chi connectivity index (χ1v) is 8.37. The lowest BCUT2D eigenvalue weighted by atomic mass is 9.87. The van der Waals surface area contributed by atoms with Crippen LogP contribution in [0.2, 0.25) is 0 Å². The van der Waals surface area contributed by atoms with Crippen LogP contribution in [0, 0.1) is 23.7 Å². The Kier molecular flexibility index (Phi) is 7.41. The van der Waals surface area contributed by atoms with E-state index < -0.39 is 53.3 Å². The van der Waals surface area contributed by atoms with Gasteiger partial charge in [-0.3, -0.25) is 14.4 Å². The summed E-state index contributed by atoms with van der Waals surface area (Å²) in [7, 11) is 1.22. The third-order valence-electron chi connectivity index (χ3n) is 4.27. The highest BCUT2D eigenvalue weighted by Gasteiger charge is 2.50. The van der Waals surface area contributed by atoms with Crippen LogP contribution in [0.1, 0.15) is 34.1 Å². The Labute approximate surface area is 152 Å². The van der Waals surface area contributed by atoms with Crippen LogP contribution in [0.4, 0.5) is 4.79 Å². The highest BCUT2D eigenvalue weighted by atomic mass is 16.6. The molecule has 0 aromatic carbocycles. The number of aliphatic carboxylic acids is 1. The number of nitrogens with one attached hydrogen (secondary N) is 1. The zero-order chi connectivity index (χ0) is 20.1. The minimum Gasteiger partial charge on any atom is -0.481 e. The molecule has 1 amide bonds. The zero-order valence-electron chi connectivity index (χ0n) is 15.7. The van der Waals surface area contributed by atoms with E-state index in [0.29, 0.717) is 0 Å². The van der Waals surface area contributed by atoms with Crippen LogP contribution in [0.5, 0.6) is 0 Å². The molecule has 1 aliphatic rings. The van der Waals surface area contributed by atoms with Gasteiger partial charge in [0.1, 0.15) is 5.60 Å². The summed E-state index contributed by atoms with van der Waals surface area (Å²) in [5, 5.41) is 12.0. The van der Waals surface area contributed by atoms with Gasteiger partial charge < -0.3 is 24.6 Å². The van der Waals surface area contributed by atoms with Crippen molar-refractivity contribution in [3.63, 3.8) is 0 Å². The Morgan fingerprint density at radius 1 is 1.12 bits per heavy atom. The number of alkyl carbamates (subject to hydrolysis) is 1. The molecule has 1 aliphatic carbocycles. The first kappa shape index (κ1) is 21.7. The Hall–Kier alpha value is -2.32. The van der Waals surface area contributed by atoms with E-state index in [4.69, 9.17) is 14.2 Å². The van der Waals surface area contributed by atoms with Crippen molar-refractivity contribution in [1.82, 2.24) is 5.32 Å². The number of hydrogen-bond acceptors (Lipinski definition) is 7. The molecule has 0 aliphatic heterocycles. The van der Waals surface area contributed by atoms with Gasteiger partial charge in [0.05, 0.1) is 25.6 Å². The van der Waals surface area contributed by atoms with Gasteiger partial charge in [-0.05, 0) is 33.1 Å². The Bertz CT molecular complexity index is 553. The number of methoxy groups -OCH3 is 1. The number of carboxylic acids is 1. The summed E-state index contributed by atoms with van der Waals surface area (Å²) in [6.07, 6.45) is -0.625. The van der Waals surface area contributed by atoms with Crippen molar-refractivity contribution in [3.8, 4) is 0 Å². The molecule has 0 radical (unpaired) electrons. The third-order valence-corrected chi connectivity index (χ3v) is 4.27. The summed E-state index contributed by atoms with van der Waals surface area (Å²) in [6, 6.07) is 0. The zero-order valence-corrected chi connectivity index (χ0v) is 15.7. The lowest BCUT2D eigenvalue weighted by Crippen LogP contribution is -2.40. The summed E-state index contributed by atoms with van der Waals surface area (Å²) in [5.41, 5.74) is -0.692. The monoisotopic (exact) mass is 373 g/mol. The van der Waals surface area contributed by atoms with Crippen molar-refractivity contribution < 1.29 is 38.5 Å². The Morgan fingerprint density at radius 2 is 1.73 bits per heavy atom. The van der Waals surface area contributed by atoms with Crippen molar-refractivity contribution in [2.45, 2.75) is 39.7 Å². The normalized spacial score (nSPS) is 25.3. The molecule has 1 saturated carbocycles. The smallest absolute Gasteiger partial charge is 0.407 e. The minimum atomic E-state index is -1.09. The lowest BCUT2D eigenvalue weighted by Gasteiger charge is -2.26. The van der Waals surface area contributed by atoms with E-state index >= 15 is 0 Å². The van der Waals surface area contributed by atoms with E-state index in [1.807, 2.05) is 0 Å². The van der Waals surface area contributed by atoms with Gasteiger partial charge in [-0.25, -0.2) is 4.79 Å². The standard InChI is InChI=1S/C17H27NO8/c1-9(19)25-8-13-10(14(20)21)6-11(15(22)24-5)12(13)7-18-16(23)26-17(2,3)4/h10-13H,6-8H2,1-5H3,(H,18,23)(H,20,21)/t10-,11+,12-,13+/m1/s1. The van der Waals surface area contributed by atoms with E-state index in [9.17, 15) is 24.3 Å². The number of rotatable bonds is 6. The fourth-order valence-corrected chi connectivity index (χ4v) is 3.19. The van der Waals surface area contributed by atoms with Gasteiger partial charge in [-0.15, -0.1) is 0 Å². The van der Waals surface area contributed by atoms with E-state index in [2.05, 4.69) is 5.32 Å². The summed E-state index contributed by atoms with van der Waals surface area (Å²) in [4.78, 5) is 46.7. The topological polar surface area (TPSA) is 128 Å². The fraction of sp³-hybridized carbons (Fsp3) is 0.765. The summed E-state index contributed by atoms with van der Waals surface area (Å²) >= 11 is 0. The summed E-state index contributed by atoms with van der Waals surface area (Å²) < 4.78 is 14.9. The van der Waals surface area contributed by atoms with Crippen molar-refractivity contribution in [1.29, 1.82) is 0 Å². The van der Waals surface area contributed by atoms with E-state index in [-0.39, 0.29) is 19.6 Å². The number of carbonyl (C=O) groups is 4. The highest BCUT2D eigenvalue weighted by Crippen LogP contribution is 2.42. The van der Waals surface area contributed by atoms with Gasteiger partial charge in [0.15, 0.2) is 0 Å². The predicted octanol–water partition coefficient (Wildman–Crippen LogP) is 1.20. The number of hydrogen-bond donors (Lipinski definition) is 2. The Morgan fingerprint density at radius 3 is 2.19 bits per heavy atom. The SMILES string of the molecule is COC(=O)[C@H]1C[C@@H](C(=O)O)[C@H](COC(C)=O)[C@@H]1CNC(=O)OC(C)(C)C. The molecule has 9 heteroatoms. The molecule has 148 valence electrons. The first-order chi connectivity index (χ1) is 12.0. The largest absolute Gasteiger partial charge is 0.481 e. The molecule has 1 fully saturated rings. The second-order valence-electron chi connectivity index (χ2n) is 7.32.